The van der Waals surface area contributed by atoms with Crippen LogP contribution in [0.1, 0.15) is 48.1 Å². The van der Waals surface area contributed by atoms with Gasteiger partial charge in [0.05, 0.1) is 7.11 Å². The molecular weight excluding hydrogens is 312 g/mol. The van der Waals surface area contributed by atoms with Crippen LogP contribution in [0.25, 0.3) is 11.1 Å². The van der Waals surface area contributed by atoms with Crippen LogP contribution in [-0.2, 0) is 0 Å². The summed E-state index contributed by atoms with van der Waals surface area (Å²) < 4.78 is 5.45. The molecule has 25 heavy (non-hydrogen) atoms. The predicted octanol–water partition coefficient (Wildman–Crippen LogP) is 4.01. The van der Waals surface area contributed by atoms with Crippen molar-refractivity contribution in [3.63, 3.8) is 0 Å². The largest absolute Gasteiger partial charge is 0.496 e. The molecule has 1 atom stereocenters. The van der Waals surface area contributed by atoms with E-state index in [9.17, 15) is 4.79 Å². The summed E-state index contributed by atoms with van der Waals surface area (Å²) >= 11 is 0. The normalized spacial score (nSPS) is 16.4. The molecule has 0 aromatic heterocycles. The molecule has 0 aliphatic carbocycles. The Morgan fingerprint density at radius 1 is 1.08 bits per heavy atom. The molecular formula is C21H26N2O2. The zero-order chi connectivity index (χ0) is 17.8. The molecule has 0 bridgehead atoms. The van der Waals surface area contributed by atoms with Gasteiger partial charge in [0.15, 0.2) is 0 Å². The van der Waals surface area contributed by atoms with Crippen LogP contribution in [-0.4, -0.2) is 31.0 Å². The van der Waals surface area contributed by atoms with Gasteiger partial charge in [0.2, 0.25) is 5.91 Å². The van der Waals surface area contributed by atoms with E-state index in [0.717, 1.165) is 16.9 Å². The van der Waals surface area contributed by atoms with Gasteiger partial charge in [0.1, 0.15) is 5.75 Å². The minimum atomic E-state index is -0.431. The summed E-state index contributed by atoms with van der Waals surface area (Å²) in [6.45, 7) is 4.63. The van der Waals surface area contributed by atoms with Gasteiger partial charge < -0.3 is 10.5 Å². The van der Waals surface area contributed by atoms with Crippen LogP contribution in [0.2, 0.25) is 0 Å². The molecule has 132 valence electrons. The number of carbonyl (C=O) groups excluding carboxylic acids is 1. The first-order chi connectivity index (χ1) is 12.1. The Morgan fingerprint density at radius 3 is 2.36 bits per heavy atom. The lowest BCUT2D eigenvalue weighted by Crippen LogP contribution is -2.32. The number of benzene rings is 2. The smallest absolute Gasteiger partial charge is 0.248 e. The highest BCUT2D eigenvalue weighted by atomic mass is 16.5. The maximum Gasteiger partial charge on any atom is 0.248 e. The maximum atomic E-state index is 11.5. The molecule has 2 aromatic carbocycles. The summed E-state index contributed by atoms with van der Waals surface area (Å²) in [6.07, 6.45) is 3.93. The van der Waals surface area contributed by atoms with E-state index >= 15 is 0 Å². The number of carbonyl (C=O) groups is 1. The van der Waals surface area contributed by atoms with Gasteiger partial charge in [0.25, 0.3) is 0 Å². The van der Waals surface area contributed by atoms with E-state index in [0.29, 0.717) is 11.6 Å². The van der Waals surface area contributed by atoms with Crippen LogP contribution in [0.15, 0.2) is 42.5 Å². The van der Waals surface area contributed by atoms with Gasteiger partial charge in [-0.3, -0.25) is 9.69 Å². The second kappa shape index (κ2) is 7.70. The standard InChI is InChI=1S/C21H26N2O2/c1-15(23-12-4-3-5-13-23)16-6-8-17(9-7-16)19-14-18(21(22)24)10-11-20(19)25-2/h6-11,14-15H,3-5,12-13H2,1-2H3,(H2,22,24)/t15-/m1/s1. The van der Waals surface area contributed by atoms with Crippen LogP contribution >= 0.6 is 0 Å². The maximum absolute atomic E-state index is 11.5. The molecule has 1 amide bonds. The Balaban J connectivity index is 1.87. The van der Waals surface area contributed by atoms with Crippen molar-refractivity contribution in [1.82, 2.24) is 4.90 Å². The van der Waals surface area contributed by atoms with Gasteiger partial charge in [-0.15, -0.1) is 0 Å². The minimum Gasteiger partial charge on any atom is -0.496 e. The topological polar surface area (TPSA) is 55.6 Å². The molecule has 0 radical (unpaired) electrons. The van der Waals surface area contributed by atoms with Crippen LogP contribution in [0.5, 0.6) is 5.75 Å². The summed E-state index contributed by atoms with van der Waals surface area (Å²) in [5.41, 5.74) is 9.12. The van der Waals surface area contributed by atoms with Gasteiger partial charge in [-0.05, 0) is 62.2 Å². The van der Waals surface area contributed by atoms with Gasteiger partial charge in [-0.25, -0.2) is 0 Å². The van der Waals surface area contributed by atoms with Crippen LogP contribution in [0.4, 0.5) is 0 Å². The number of piperidine rings is 1. The van der Waals surface area contributed by atoms with Crippen molar-refractivity contribution in [2.24, 2.45) is 5.73 Å². The molecule has 1 heterocycles. The van der Waals surface area contributed by atoms with E-state index in [-0.39, 0.29) is 0 Å². The molecule has 1 aliphatic heterocycles. The van der Waals surface area contributed by atoms with Gasteiger partial charge >= 0.3 is 0 Å². The molecule has 1 aliphatic rings. The summed E-state index contributed by atoms with van der Waals surface area (Å²) in [5.74, 6) is 0.307. The number of primary amides is 1. The first kappa shape index (κ1) is 17.5. The number of hydrogen-bond acceptors (Lipinski definition) is 3. The zero-order valence-corrected chi connectivity index (χ0v) is 15.0. The number of amides is 1. The molecule has 1 saturated heterocycles. The highest BCUT2D eigenvalue weighted by Crippen LogP contribution is 2.32. The number of ether oxygens (including phenoxy) is 1. The van der Waals surface area contributed by atoms with Crippen molar-refractivity contribution < 1.29 is 9.53 Å². The summed E-state index contributed by atoms with van der Waals surface area (Å²) in [7, 11) is 1.63. The quantitative estimate of drug-likeness (QED) is 0.896. The van der Waals surface area contributed by atoms with E-state index in [2.05, 4.69) is 36.1 Å². The Hall–Kier alpha value is -2.33. The van der Waals surface area contributed by atoms with E-state index in [4.69, 9.17) is 10.5 Å². The lowest BCUT2D eigenvalue weighted by Gasteiger charge is -2.32. The van der Waals surface area contributed by atoms with Crippen LogP contribution in [0, 0.1) is 0 Å². The summed E-state index contributed by atoms with van der Waals surface area (Å²) in [5, 5.41) is 0. The monoisotopic (exact) mass is 338 g/mol. The van der Waals surface area contributed by atoms with E-state index < -0.39 is 5.91 Å². The Kier molecular flexibility index (Phi) is 5.39. The number of nitrogens with zero attached hydrogens (tertiary/aromatic N) is 1. The average molecular weight is 338 g/mol. The molecule has 2 N–H and O–H groups in total. The summed E-state index contributed by atoms with van der Waals surface area (Å²) in [4.78, 5) is 14.0. The van der Waals surface area contributed by atoms with E-state index in [1.165, 1.54) is 37.9 Å². The van der Waals surface area contributed by atoms with Gasteiger partial charge in [0, 0.05) is 17.2 Å². The van der Waals surface area contributed by atoms with Crippen LogP contribution < -0.4 is 10.5 Å². The average Bonchev–Trinajstić information content (AvgIpc) is 2.67. The second-order valence-corrected chi connectivity index (χ2v) is 6.67. The third kappa shape index (κ3) is 3.85. The minimum absolute atomic E-state index is 0.424. The fraction of sp³-hybridized carbons (Fsp3) is 0.381. The second-order valence-electron chi connectivity index (χ2n) is 6.67. The van der Waals surface area contributed by atoms with Crippen molar-refractivity contribution in [2.45, 2.75) is 32.2 Å². The number of nitrogens with two attached hydrogens (primary N) is 1. The van der Waals surface area contributed by atoms with Crippen molar-refractivity contribution in [1.29, 1.82) is 0 Å². The molecule has 2 aromatic rings. The third-order valence-corrected chi connectivity index (χ3v) is 5.13. The fourth-order valence-corrected chi connectivity index (χ4v) is 3.54. The molecule has 0 saturated carbocycles. The van der Waals surface area contributed by atoms with Gasteiger partial charge in [-0.2, -0.15) is 0 Å². The lowest BCUT2D eigenvalue weighted by molar-refractivity contribution is 0.100. The predicted molar refractivity (Wildman–Crippen MR) is 101 cm³/mol. The number of hydrogen-bond donors (Lipinski definition) is 1. The SMILES string of the molecule is COc1ccc(C(N)=O)cc1-c1ccc([C@@H](C)N2CCCCC2)cc1. The van der Waals surface area contributed by atoms with Crippen LogP contribution in [0.3, 0.4) is 0 Å². The highest BCUT2D eigenvalue weighted by molar-refractivity contribution is 5.94. The first-order valence-corrected chi connectivity index (χ1v) is 8.92. The zero-order valence-electron chi connectivity index (χ0n) is 15.0. The molecule has 0 spiro atoms. The molecule has 0 unspecified atom stereocenters. The first-order valence-electron chi connectivity index (χ1n) is 8.92. The Bertz CT molecular complexity index is 734. The molecule has 3 rings (SSSR count). The lowest BCUT2D eigenvalue weighted by atomic mass is 9.97. The van der Waals surface area contributed by atoms with Crippen molar-refractivity contribution in [3.05, 3.63) is 53.6 Å². The van der Waals surface area contributed by atoms with Crippen molar-refractivity contribution in [3.8, 4) is 16.9 Å². The van der Waals surface area contributed by atoms with E-state index in [1.807, 2.05) is 0 Å². The Morgan fingerprint density at radius 2 is 1.76 bits per heavy atom. The Labute approximate surface area is 149 Å². The van der Waals surface area contributed by atoms with E-state index in [1.54, 1.807) is 25.3 Å². The number of likely N-dealkylation sites (tertiary alicyclic amines) is 1. The fourth-order valence-electron chi connectivity index (χ4n) is 3.54. The highest BCUT2D eigenvalue weighted by Gasteiger charge is 2.18. The molecule has 4 heteroatoms. The van der Waals surface area contributed by atoms with Gasteiger partial charge in [-0.1, -0.05) is 30.7 Å². The molecule has 1 fully saturated rings. The number of rotatable bonds is 5. The molecule has 4 nitrogen and oxygen atoms in total. The van der Waals surface area contributed by atoms with Crippen molar-refractivity contribution >= 4 is 5.91 Å². The third-order valence-electron chi connectivity index (χ3n) is 5.13. The number of methoxy groups -OCH3 is 1. The van der Waals surface area contributed by atoms with Crippen molar-refractivity contribution in [2.75, 3.05) is 20.2 Å². The summed E-state index contributed by atoms with van der Waals surface area (Å²) in [6, 6.07) is 14.2.